The van der Waals surface area contributed by atoms with Crippen molar-refractivity contribution < 1.29 is 13.2 Å². The van der Waals surface area contributed by atoms with Gasteiger partial charge in [-0.15, -0.1) is 0 Å². The van der Waals surface area contributed by atoms with Crippen molar-refractivity contribution in [1.29, 1.82) is 0 Å². The molecule has 0 radical (unpaired) electrons. The molecule has 1 aromatic heterocycles. The second-order valence-electron chi connectivity index (χ2n) is 5.47. The summed E-state index contributed by atoms with van der Waals surface area (Å²) in [5.41, 5.74) is 0.264. The standard InChI is InChI=1S/C12H19N3O3S/c1-8-6-13-11(14-7-8)19(17,18)9(2)10(16)15-12(3,4)5/h6-7,9H,1-5H3,(H,15,16)/t9-/m1/s1. The van der Waals surface area contributed by atoms with Crippen LogP contribution < -0.4 is 5.32 Å². The first-order chi connectivity index (χ1) is 8.54. The van der Waals surface area contributed by atoms with Crippen LogP contribution in [0.15, 0.2) is 17.6 Å². The lowest BCUT2D eigenvalue weighted by Crippen LogP contribution is -2.47. The van der Waals surface area contributed by atoms with Crippen LogP contribution in [0.25, 0.3) is 0 Å². The van der Waals surface area contributed by atoms with Crippen LogP contribution in [0.5, 0.6) is 0 Å². The molecule has 7 heteroatoms. The fourth-order valence-electron chi connectivity index (χ4n) is 1.30. The molecule has 0 fully saturated rings. The molecule has 1 heterocycles. The van der Waals surface area contributed by atoms with Gasteiger partial charge < -0.3 is 5.32 Å². The lowest BCUT2D eigenvalue weighted by atomic mass is 10.1. The van der Waals surface area contributed by atoms with E-state index in [-0.39, 0.29) is 5.16 Å². The summed E-state index contributed by atoms with van der Waals surface area (Å²) in [6, 6.07) is 0. The van der Waals surface area contributed by atoms with Gasteiger partial charge in [0.15, 0.2) is 0 Å². The van der Waals surface area contributed by atoms with Crippen LogP contribution in [0.2, 0.25) is 0 Å². The summed E-state index contributed by atoms with van der Waals surface area (Å²) in [6.45, 7) is 8.44. The van der Waals surface area contributed by atoms with E-state index >= 15 is 0 Å². The summed E-state index contributed by atoms with van der Waals surface area (Å²) in [7, 11) is -3.86. The number of carbonyl (C=O) groups is 1. The predicted octanol–water partition coefficient (Wildman–Crippen LogP) is 0.862. The molecule has 6 nitrogen and oxygen atoms in total. The van der Waals surface area contributed by atoms with Gasteiger partial charge in [0.05, 0.1) is 0 Å². The minimum absolute atomic E-state index is 0.324. The van der Waals surface area contributed by atoms with E-state index < -0.39 is 26.5 Å². The number of hydrogen-bond donors (Lipinski definition) is 1. The molecule has 0 spiro atoms. The van der Waals surface area contributed by atoms with E-state index in [1.807, 2.05) is 0 Å². The normalized spacial score (nSPS) is 13.9. The first-order valence-corrected chi connectivity index (χ1v) is 7.43. The zero-order chi connectivity index (χ0) is 14.8. The minimum Gasteiger partial charge on any atom is -0.350 e. The number of nitrogens with one attached hydrogen (secondary N) is 1. The summed E-state index contributed by atoms with van der Waals surface area (Å²) in [6.07, 6.45) is 2.82. The van der Waals surface area contributed by atoms with Gasteiger partial charge in [0, 0.05) is 17.9 Å². The van der Waals surface area contributed by atoms with Crippen molar-refractivity contribution in [1.82, 2.24) is 15.3 Å². The van der Waals surface area contributed by atoms with Crippen LogP contribution in [0, 0.1) is 6.92 Å². The Bertz CT molecular complexity index is 559. The van der Waals surface area contributed by atoms with Crippen molar-refractivity contribution in [3.05, 3.63) is 18.0 Å². The van der Waals surface area contributed by atoms with Crippen LogP contribution in [0.4, 0.5) is 0 Å². The van der Waals surface area contributed by atoms with Crippen LogP contribution in [0.3, 0.4) is 0 Å². The fourth-order valence-corrected chi connectivity index (χ4v) is 2.35. The second kappa shape index (κ2) is 5.24. The quantitative estimate of drug-likeness (QED) is 0.832. The van der Waals surface area contributed by atoms with Crippen LogP contribution in [0.1, 0.15) is 33.3 Å². The van der Waals surface area contributed by atoms with E-state index in [0.29, 0.717) is 0 Å². The molecule has 0 aliphatic rings. The number of nitrogens with zero attached hydrogens (tertiary/aromatic N) is 2. The Kier molecular flexibility index (Phi) is 4.29. The van der Waals surface area contributed by atoms with Crippen molar-refractivity contribution in [3.63, 3.8) is 0 Å². The maximum absolute atomic E-state index is 12.2. The second-order valence-corrected chi connectivity index (χ2v) is 7.63. The van der Waals surface area contributed by atoms with Crippen molar-refractivity contribution in [3.8, 4) is 0 Å². The summed E-state index contributed by atoms with van der Waals surface area (Å²) in [5, 5.41) is 1.08. The highest BCUT2D eigenvalue weighted by Gasteiger charge is 2.33. The molecule has 0 saturated heterocycles. The summed E-state index contributed by atoms with van der Waals surface area (Å²) in [4.78, 5) is 19.4. The maximum atomic E-state index is 12.2. The van der Waals surface area contributed by atoms with Crippen LogP contribution in [-0.4, -0.2) is 35.1 Å². The minimum atomic E-state index is -3.86. The Balaban J connectivity index is 3.00. The third-order valence-electron chi connectivity index (χ3n) is 2.34. The van der Waals surface area contributed by atoms with Crippen molar-refractivity contribution in [2.75, 3.05) is 0 Å². The zero-order valence-corrected chi connectivity index (χ0v) is 12.6. The number of amides is 1. The largest absolute Gasteiger partial charge is 0.350 e. The average Bonchev–Trinajstić information content (AvgIpc) is 2.26. The topological polar surface area (TPSA) is 89.0 Å². The molecule has 1 atom stereocenters. The molecule has 19 heavy (non-hydrogen) atoms. The third kappa shape index (κ3) is 3.99. The number of aryl methyl sites for hydroxylation is 1. The van der Waals surface area contributed by atoms with E-state index in [2.05, 4.69) is 15.3 Å². The van der Waals surface area contributed by atoms with Crippen molar-refractivity contribution >= 4 is 15.7 Å². The molecule has 0 saturated carbocycles. The molecule has 1 rings (SSSR count). The Hall–Kier alpha value is -1.50. The van der Waals surface area contributed by atoms with Gasteiger partial charge in [0.25, 0.3) is 0 Å². The number of carbonyl (C=O) groups excluding carboxylic acids is 1. The molecule has 0 aliphatic carbocycles. The van der Waals surface area contributed by atoms with Gasteiger partial charge in [-0.1, -0.05) is 0 Å². The Morgan fingerprint density at radius 1 is 1.26 bits per heavy atom. The molecule has 0 bridgehead atoms. The molecule has 0 aliphatic heterocycles. The van der Waals surface area contributed by atoms with Crippen molar-refractivity contribution in [2.24, 2.45) is 0 Å². The number of aromatic nitrogens is 2. The Morgan fingerprint density at radius 3 is 2.16 bits per heavy atom. The van der Waals surface area contributed by atoms with E-state index in [1.165, 1.54) is 19.3 Å². The fraction of sp³-hybridized carbons (Fsp3) is 0.583. The smallest absolute Gasteiger partial charge is 0.247 e. The molecular formula is C12H19N3O3S. The summed E-state index contributed by atoms with van der Waals surface area (Å²) < 4.78 is 24.4. The SMILES string of the molecule is Cc1cnc(S(=O)(=O)[C@H](C)C(=O)NC(C)(C)C)nc1. The van der Waals surface area contributed by atoms with Crippen molar-refractivity contribution in [2.45, 2.75) is 50.6 Å². The summed E-state index contributed by atoms with van der Waals surface area (Å²) in [5.74, 6) is -0.559. The van der Waals surface area contributed by atoms with Gasteiger partial charge in [-0.2, -0.15) is 0 Å². The number of rotatable bonds is 3. The molecule has 1 amide bonds. The highest BCUT2D eigenvalue weighted by atomic mass is 32.2. The lowest BCUT2D eigenvalue weighted by Gasteiger charge is -2.22. The van der Waals surface area contributed by atoms with Gasteiger partial charge in [-0.05, 0) is 40.2 Å². The Morgan fingerprint density at radius 2 is 1.74 bits per heavy atom. The van der Waals surface area contributed by atoms with Gasteiger partial charge >= 0.3 is 0 Å². The number of hydrogen-bond acceptors (Lipinski definition) is 5. The summed E-state index contributed by atoms with van der Waals surface area (Å²) >= 11 is 0. The molecule has 106 valence electrons. The molecule has 1 aromatic rings. The Labute approximate surface area is 113 Å². The van der Waals surface area contributed by atoms with Crippen LogP contribution in [-0.2, 0) is 14.6 Å². The van der Waals surface area contributed by atoms with Crippen LogP contribution >= 0.6 is 0 Å². The first kappa shape index (κ1) is 15.6. The monoisotopic (exact) mass is 285 g/mol. The third-order valence-corrected chi connectivity index (χ3v) is 4.21. The zero-order valence-electron chi connectivity index (χ0n) is 11.8. The molecular weight excluding hydrogens is 266 g/mol. The van der Waals surface area contributed by atoms with Gasteiger partial charge in [0.1, 0.15) is 5.25 Å². The van der Waals surface area contributed by atoms with E-state index in [1.54, 1.807) is 27.7 Å². The van der Waals surface area contributed by atoms with Gasteiger partial charge in [0.2, 0.25) is 20.9 Å². The molecule has 1 N–H and O–H groups in total. The average molecular weight is 285 g/mol. The van der Waals surface area contributed by atoms with Gasteiger partial charge in [-0.25, -0.2) is 18.4 Å². The highest BCUT2D eigenvalue weighted by Crippen LogP contribution is 2.12. The lowest BCUT2D eigenvalue weighted by molar-refractivity contribution is -0.121. The first-order valence-electron chi connectivity index (χ1n) is 5.88. The molecule has 0 aromatic carbocycles. The maximum Gasteiger partial charge on any atom is 0.247 e. The number of sulfone groups is 1. The molecule has 0 unspecified atom stereocenters. The van der Waals surface area contributed by atoms with Gasteiger partial charge in [-0.3, -0.25) is 4.79 Å². The highest BCUT2D eigenvalue weighted by molar-refractivity contribution is 7.92. The van der Waals surface area contributed by atoms with E-state index in [4.69, 9.17) is 0 Å². The van der Waals surface area contributed by atoms with E-state index in [0.717, 1.165) is 5.56 Å². The van der Waals surface area contributed by atoms with E-state index in [9.17, 15) is 13.2 Å². The predicted molar refractivity (Wildman–Crippen MR) is 71.3 cm³/mol.